The molecule has 1 saturated heterocycles. The van der Waals surface area contributed by atoms with E-state index in [1.165, 1.54) is 16.4 Å². The van der Waals surface area contributed by atoms with E-state index in [2.05, 4.69) is 25.2 Å². The predicted molar refractivity (Wildman–Crippen MR) is 131 cm³/mol. The molecule has 2 aromatic rings. The van der Waals surface area contributed by atoms with Crippen LogP contribution >= 0.6 is 11.6 Å². The number of carbonyl (C=O) groups is 1. The van der Waals surface area contributed by atoms with Crippen LogP contribution in [-0.4, -0.2) is 38.8 Å². The van der Waals surface area contributed by atoms with Crippen LogP contribution in [0.25, 0.3) is 0 Å². The van der Waals surface area contributed by atoms with Crippen LogP contribution in [0.3, 0.4) is 0 Å². The number of amides is 1. The number of hydrogen-bond donors (Lipinski definition) is 1. The van der Waals surface area contributed by atoms with Crippen molar-refractivity contribution in [1.29, 1.82) is 0 Å². The number of sulfonamides is 1. The van der Waals surface area contributed by atoms with Gasteiger partial charge in [-0.3, -0.25) is 4.79 Å². The normalized spacial score (nSPS) is 16.6. The lowest BCUT2D eigenvalue weighted by Gasteiger charge is -2.31. The summed E-state index contributed by atoms with van der Waals surface area (Å²) in [5.74, 6) is 0.910. The molecule has 0 radical (unpaired) electrons. The monoisotopic (exact) mass is 492 g/mol. The molecule has 180 valence electrons. The average Bonchev–Trinajstić information content (AvgIpc) is 2.78. The van der Waals surface area contributed by atoms with Gasteiger partial charge in [0.1, 0.15) is 5.75 Å². The SMILES string of the molecule is COc1cc(C)c(C(C)NC(=O)C2CCN(S(=O)(=O)c3ccc(Cl)cc3)CC2)cc1C(C)C. The first-order valence-corrected chi connectivity index (χ1v) is 13.1. The number of rotatable bonds is 7. The average molecular weight is 493 g/mol. The van der Waals surface area contributed by atoms with Crippen LogP contribution in [0.4, 0.5) is 0 Å². The van der Waals surface area contributed by atoms with Crippen molar-refractivity contribution >= 4 is 27.5 Å². The van der Waals surface area contributed by atoms with E-state index in [1.54, 1.807) is 19.2 Å². The Labute approximate surface area is 202 Å². The molecular formula is C25H33ClN2O4S. The fourth-order valence-electron chi connectivity index (χ4n) is 4.33. The Bertz CT molecular complexity index is 1090. The zero-order chi connectivity index (χ0) is 24.3. The third-order valence-corrected chi connectivity index (χ3v) is 8.51. The molecule has 33 heavy (non-hydrogen) atoms. The predicted octanol–water partition coefficient (Wildman–Crippen LogP) is 5.06. The molecule has 1 heterocycles. The first-order chi connectivity index (χ1) is 15.5. The van der Waals surface area contributed by atoms with Gasteiger partial charge in [0.25, 0.3) is 0 Å². The van der Waals surface area contributed by atoms with Gasteiger partial charge >= 0.3 is 0 Å². The van der Waals surface area contributed by atoms with Crippen molar-refractivity contribution in [3.8, 4) is 5.75 Å². The minimum absolute atomic E-state index is 0.0349. The molecule has 1 N–H and O–H groups in total. The highest BCUT2D eigenvalue weighted by Gasteiger charge is 2.32. The largest absolute Gasteiger partial charge is 0.496 e. The lowest BCUT2D eigenvalue weighted by molar-refractivity contribution is -0.126. The summed E-state index contributed by atoms with van der Waals surface area (Å²) in [7, 11) is -1.92. The summed E-state index contributed by atoms with van der Waals surface area (Å²) in [6.07, 6.45) is 0.981. The van der Waals surface area contributed by atoms with E-state index in [1.807, 2.05) is 19.9 Å². The molecule has 1 aliphatic heterocycles. The fraction of sp³-hybridized carbons (Fsp3) is 0.480. The Hall–Kier alpha value is -2.09. The summed E-state index contributed by atoms with van der Waals surface area (Å²) < 4.78 is 32.7. The molecule has 8 heteroatoms. The standard InChI is InChI=1S/C25H33ClN2O4S/c1-16(2)22-15-23(17(3)14-24(22)32-5)18(4)27-25(29)19-10-12-28(13-11-19)33(30,31)21-8-6-20(26)7-9-21/h6-9,14-16,18-19H,10-13H2,1-5H3,(H,27,29). The van der Waals surface area contributed by atoms with E-state index in [-0.39, 0.29) is 22.8 Å². The number of aryl methyl sites for hydroxylation is 1. The molecule has 0 saturated carbocycles. The second-order valence-corrected chi connectivity index (χ2v) is 11.3. The van der Waals surface area contributed by atoms with Crippen LogP contribution in [-0.2, 0) is 14.8 Å². The first kappa shape index (κ1) is 25.5. The van der Waals surface area contributed by atoms with Crippen molar-refractivity contribution in [3.05, 3.63) is 58.1 Å². The lowest BCUT2D eigenvalue weighted by atomic mass is 9.92. The number of nitrogens with zero attached hydrogens (tertiary/aromatic N) is 1. The van der Waals surface area contributed by atoms with Crippen molar-refractivity contribution in [2.75, 3.05) is 20.2 Å². The summed E-state index contributed by atoms with van der Waals surface area (Å²) in [5, 5.41) is 3.63. The molecule has 6 nitrogen and oxygen atoms in total. The minimum atomic E-state index is -3.59. The number of methoxy groups -OCH3 is 1. The Morgan fingerprint density at radius 2 is 1.70 bits per heavy atom. The van der Waals surface area contributed by atoms with Crippen molar-refractivity contribution < 1.29 is 17.9 Å². The highest BCUT2D eigenvalue weighted by molar-refractivity contribution is 7.89. The van der Waals surface area contributed by atoms with Crippen molar-refractivity contribution in [2.24, 2.45) is 5.92 Å². The summed E-state index contributed by atoms with van der Waals surface area (Å²) in [6.45, 7) is 8.87. The van der Waals surface area contributed by atoms with Gasteiger partial charge in [-0.15, -0.1) is 0 Å². The summed E-state index contributed by atoms with van der Waals surface area (Å²) in [5.41, 5.74) is 3.24. The summed E-state index contributed by atoms with van der Waals surface area (Å²) >= 11 is 5.88. The number of piperidine rings is 1. The maximum absolute atomic E-state index is 13.0. The van der Waals surface area contributed by atoms with Gasteiger partial charge in [-0.1, -0.05) is 25.4 Å². The van der Waals surface area contributed by atoms with E-state index < -0.39 is 10.0 Å². The van der Waals surface area contributed by atoms with Gasteiger partial charge in [0.2, 0.25) is 15.9 Å². The number of hydrogen-bond acceptors (Lipinski definition) is 4. The van der Waals surface area contributed by atoms with E-state index >= 15 is 0 Å². The second-order valence-electron chi connectivity index (χ2n) is 8.97. The first-order valence-electron chi connectivity index (χ1n) is 11.3. The zero-order valence-corrected chi connectivity index (χ0v) is 21.5. The molecule has 0 spiro atoms. The highest BCUT2D eigenvalue weighted by atomic mass is 35.5. The summed E-state index contributed by atoms with van der Waals surface area (Å²) in [6, 6.07) is 10.2. The van der Waals surface area contributed by atoms with Gasteiger partial charge in [-0.05, 0) is 85.7 Å². The molecule has 2 aromatic carbocycles. The number of benzene rings is 2. The zero-order valence-electron chi connectivity index (χ0n) is 19.9. The van der Waals surface area contributed by atoms with Gasteiger partial charge in [-0.2, -0.15) is 4.31 Å². The third kappa shape index (κ3) is 5.70. The molecule has 1 fully saturated rings. The van der Waals surface area contributed by atoms with Crippen LogP contribution in [0.2, 0.25) is 5.02 Å². The number of carbonyl (C=O) groups excluding carboxylic acids is 1. The van der Waals surface area contributed by atoms with E-state index in [9.17, 15) is 13.2 Å². The molecule has 1 atom stereocenters. The molecule has 1 unspecified atom stereocenters. The Morgan fingerprint density at radius 1 is 1.09 bits per heavy atom. The molecule has 0 aromatic heterocycles. The van der Waals surface area contributed by atoms with Gasteiger partial charge < -0.3 is 10.1 Å². The van der Waals surface area contributed by atoms with Gasteiger partial charge in [-0.25, -0.2) is 8.42 Å². The molecule has 3 rings (SSSR count). The molecule has 1 aliphatic rings. The number of nitrogens with one attached hydrogen (secondary N) is 1. The maximum atomic E-state index is 13.0. The molecular weight excluding hydrogens is 460 g/mol. The molecule has 0 bridgehead atoms. The van der Waals surface area contributed by atoms with E-state index in [0.29, 0.717) is 36.9 Å². The fourth-order valence-corrected chi connectivity index (χ4v) is 5.93. The van der Waals surface area contributed by atoms with Crippen molar-refractivity contribution in [1.82, 2.24) is 9.62 Å². The van der Waals surface area contributed by atoms with Crippen LogP contribution < -0.4 is 10.1 Å². The van der Waals surface area contributed by atoms with E-state index in [0.717, 1.165) is 22.4 Å². The van der Waals surface area contributed by atoms with Crippen LogP contribution in [0, 0.1) is 12.8 Å². The summed E-state index contributed by atoms with van der Waals surface area (Å²) in [4.78, 5) is 13.2. The topological polar surface area (TPSA) is 75.7 Å². The van der Waals surface area contributed by atoms with Gasteiger partial charge in [0.15, 0.2) is 0 Å². The van der Waals surface area contributed by atoms with E-state index in [4.69, 9.17) is 16.3 Å². The Morgan fingerprint density at radius 3 is 2.24 bits per heavy atom. The smallest absolute Gasteiger partial charge is 0.243 e. The quantitative estimate of drug-likeness (QED) is 0.586. The van der Waals surface area contributed by atoms with Gasteiger partial charge in [0.05, 0.1) is 18.0 Å². The van der Waals surface area contributed by atoms with Gasteiger partial charge in [0, 0.05) is 24.0 Å². The van der Waals surface area contributed by atoms with Crippen LogP contribution in [0.15, 0.2) is 41.3 Å². The maximum Gasteiger partial charge on any atom is 0.243 e. The third-order valence-electron chi connectivity index (χ3n) is 6.34. The Kier molecular flexibility index (Phi) is 8.08. The number of halogens is 1. The second kappa shape index (κ2) is 10.5. The lowest BCUT2D eigenvalue weighted by Crippen LogP contribution is -2.43. The van der Waals surface area contributed by atoms with Crippen LogP contribution in [0.5, 0.6) is 5.75 Å². The highest BCUT2D eigenvalue weighted by Crippen LogP contribution is 2.32. The number of ether oxygens (including phenoxy) is 1. The Balaban J connectivity index is 1.65. The molecule has 0 aliphatic carbocycles. The minimum Gasteiger partial charge on any atom is -0.496 e. The van der Waals surface area contributed by atoms with Crippen molar-refractivity contribution in [3.63, 3.8) is 0 Å². The molecule has 1 amide bonds. The van der Waals surface area contributed by atoms with Crippen LogP contribution in [0.1, 0.15) is 62.3 Å². The van der Waals surface area contributed by atoms with Crippen molar-refractivity contribution in [2.45, 2.75) is 57.4 Å².